The minimum absolute atomic E-state index is 0.530. The zero-order valence-electron chi connectivity index (χ0n) is 8.66. The monoisotopic (exact) mass is 178 g/mol. The summed E-state index contributed by atoms with van der Waals surface area (Å²) in [4.78, 5) is 9.62. The van der Waals surface area contributed by atoms with E-state index in [9.17, 15) is 4.79 Å². The molecule has 1 aromatic rings. The highest BCUT2D eigenvalue weighted by atomic mass is 16.1. The Morgan fingerprint density at radius 1 is 1.23 bits per heavy atom. The van der Waals surface area contributed by atoms with E-state index in [0.717, 1.165) is 6.29 Å². The summed E-state index contributed by atoms with van der Waals surface area (Å²) in [5, 5.41) is 0. The fraction of sp³-hybridized carbons (Fsp3) is 0.417. The predicted octanol–water partition coefficient (Wildman–Crippen LogP) is 3.23. The molecule has 0 aliphatic carbocycles. The van der Waals surface area contributed by atoms with Crippen LogP contribution in [0.2, 0.25) is 0 Å². The van der Waals surface area contributed by atoms with Crippen molar-refractivity contribution in [3.05, 3.63) is 35.9 Å². The molecule has 0 bridgehead atoms. The van der Waals surface area contributed by atoms with E-state index in [1.54, 1.807) is 0 Å². The minimum Gasteiger partial charge on any atom is -0.303 e. The molecule has 1 heteroatoms. The fourth-order valence-electron chi connectivity index (χ4n) is 0.727. The standard InChI is InChI=1S/C7H8.C5H10O/c1-7-5-3-2-4-6-7;1-5(2)3-4-6/h2-6H,1H3;4-5H,3H2,1-2H3. The maximum absolute atomic E-state index is 9.62. The van der Waals surface area contributed by atoms with Crippen LogP contribution >= 0.6 is 0 Å². The summed E-state index contributed by atoms with van der Waals surface area (Å²) in [6, 6.07) is 10.3. The lowest BCUT2D eigenvalue weighted by atomic mass is 10.2. The van der Waals surface area contributed by atoms with Crippen LogP contribution in [0.4, 0.5) is 0 Å². The second-order valence-corrected chi connectivity index (χ2v) is 3.45. The number of hydrogen-bond acceptors (Lipinski definition) is 1. The van der Waals surface area contributed by atoms with E-state index >= 15 is 0 Å². The highest BCUT2D eigenvalue weighted by Crippen LogP contribution is 1.92. The zero-order valence-corrected chi connectivity index (χ0v) is 8.66. The number of benzene rings is 1. The molecular formula is C12H18O. The Morgan fingerprint density at radius 3 is 1.92 bits per heavy atom. The van der Waals surface area contributed by atoms with Gasteiger partial charge in [0.05, 0.1) is 0 Å². The predicted molar refractivity (Wildman–Crippen MR) is 56.7 cm³/mol. The summed E-state index contributed by atoms with van der Waals surface area (Å²) in [6.07, 6.45) is 1.64. The van der Waals surface area contributed by atoms with Gasteiger partial charge in [0.15, 0.2) is 0 Å². The van der Waals surface area contributed by atoms with E-state index in [2.05, 4.69) is 19.1 Å². The molecule has 1 aromatic carbocycles. The lowest BCUT2D eigenvalue weighted by Crippen LogP contribution is -1.84. The zero-order chi connectivity index (χ0) is 10.1. The molecule has 0 N–H and O–H groups in total. The molecule has 0 aliphatic rings. The molecular weight excluding hydrogens is 160 g/mol. The Balaban J connectivity index is 0.000000226. The van der Waals surface area contributed by atoms with Gasteiger partial charge in [0.1, 0.15) is 6.29 Å². The van der Waals surface area contributed by atoms with Gasteiger partial charge >= 0.3 is 0 Å². The summed E-state index contributed by atoms with van der Waals surface area (Å²) in [5.41, 5.74) is 1.32. The van der Waals surface area contributed by atoms with Crippen molar-refractivity contribution < 1.29 is 4.79 Å². The Hall–Kier alpha value is -1.11. The van der Waals surface area contributed by atoms with E-state index in [-0.39, 0.29) is 0 Å². The average molecular weight is 178 g/mol. The van der Waals surface area contributed by atoms with Crippen molar-refractivity contribution in [2.45, 2.75) is 27.2 Å². The molecule has 0 heterocycles. The maximum atomic E-state index is 9.62. The molecule has 0 saturated carbocycles. The molecule has 0 spiro atoms. The summed E-state index contributed by atoms with van der Waals surface area (Å²) in [6.45, 7) is 6.13. The van der Waals surface area contributed by atoms with Crippen molar-refractivity contribution in [3.63, 3.8) is 0 Å². The number of aryl methyl sites for hydroxylation is 1. The molecule has 0 unspecified atom stereocenters. The molecule has 0 amide bonds. The summed E-state index contributed by atoms with van der Waals surface area (Å²) in [7, 11) is 0. The molecule has 0 radical (unpaired) electrons. The van der Waals surface area contributed by atoms with Crippen LogP contribution in [-0.2, 0) is 4.79 Å². The molecule has 0 fully saturated rings. The third-order valence-electron chi connectivity index (χ3n) is 1.51. The molecule has 1 nitrogen and oxygen atoms in total. The van der Waals surface area contributed by atoms with Crippen LogP contribution in [0.25, 0.3) is 0 Å². The quantitative estimate of drug-likeness (QED) is 0.635. The average Bonchev–Trinajstić information content (AvgIpc) is 2.06. The van der Waals surface area contributed by atoms with Gasteiger partial charge in [0.2, 0.25) is 0 Å². The first-order valence-electron chi connectivity index (χ1n) is 4.62. The van der Waals surface area contributed by atoms with Gasteiger partial charge in [-0.15, -0.1) is 0 Å². The largest absolute Gasteiger partial charge is 0.303 e. The maximum Gasteiger partial charge on any atom is 0.120 e. The molecule has 13 heavy (non-hydrogen) atoms. The number of aldehydes is 1. The van der Waals surface area contributed by atoms with E-state index in [4.69, 9.17) is 0 Å². The number of carbonyl (C=O) groups excluding carboxylic acids is 1. The second kappa shape index (κ2) is 7.53. The summed E-state index contributed by atoms with van der Waals surface area (Å²) in [5.74, 6) is 0.530. The van der Waals surface area contributed by atoms with Gasteiger partial charge in [0.25, 0.3) is 0 Å². The lowest BCUT2D eigenvalue weighted by Gasteiger charge is -1.89. The van der Waals surface area contributed by atoms with Crippen LogP contribution in [0.3, 0.4) is 0 Å². The SMILES string of the molecule is CC(C)CC=O.Cc1ccccc1. The highest BCUT2D eigenvalue weighted by molar-refractivity contribution is 5.49. The number of hydrogen-bond donors (Lipinski definition) is 0. The van der Waals surface area contributed by atoms with E-state index in [1.807, 2.05) is 32.0 Å². The van der Waals surface area contributed by atoms with Gasteiger partial charge in [-0.2, -0.15) is 0 Å². The molecule has 72 valence electrons. The van der Waals surface area contributed by atoms with Gasteiger partial charge in [-0.3, -0.25) is 0 Å². The molecule has 1 rings (SSSR count). The first kappa shape index (κ1) is 11.9. The second-order valence-electron chi connectivity index (χ2n) is 3.45. The third-order valence-corrected chi connectivity index (χ3v) is 1.51. The van der Waals surface area contributed by atoms with Crippen LogP contribution in [0.5, 0.6) is 0 Å². The lowest BCUT2D eigenvalue weighted by molar-refractivity contribution is -0.108. The normalized spacial score (nSPS) is 8.92. The van der Waals surface area contributed by atoms with Gasteiger partial charge in [-0.1, -0.05) is 49.7 Å². The Morgan fingerprint density at radius 2 is 1.77 bits per heavy atom. The molecule has 0 atom stereocenters. The Labute approximate surface area is 80.8 Å². The Bertz CT molecular complexity index is 214. The summed E-state index contributed by atoms with van der Waals surface area (Å²) >= 11 is 0. The van der Waals surface area contributed by atoms with Crippen molar-refractivity contribution in [3.8, 4) is 0 Å². The van der Waals surface area contributed by atoms with Crippen molar-refractivity contribution in [1.82, 2.24) is 0 Å². The fourth-order valence-corrected chi connectivity index (χ4v) is 0.727. The summed E-state index contributed by atoms with van der Waals surface area (Å²) < 4.78 is 0. The molecule has 0 aliphatic heterocycles. The van der Waals surface area contributed by atoms with Crippen LogP contribution in [0.1, 0.15) is 25.8 Å². The van der Waals surface area contributed by atoms with Crippen LogP contribution < -0.4 is 0 Å². The van der Waals surface area contributed by atoms with Gasteiger partial charge in [0, 0.05) is 6.42 Å². The van der Waals surface area contributed by atoms with Crippen molar-refractivity contribution >= 4 is 6.29 Å². The topological polar surface area (TPSA) is 17.1 Å². The van der Waals surface area contributed by atoms with E-state index in [0.29, 0.717) is 12.3 Å². The Kier molecular flexibility index (Phi) is 6.89. The van der Waals surface area contributed by atoms with Gasteiger partial charge < -0.3 is 4.79 Å². The molecule has 0 aromatic heterocycles. The smallest absolute Gasteiger partial charge is 0.120 e. The third kappa shape index (κ3) is 8.80. The first-order valence-corrected chi connectivity index (χ1v) is 4.62. The van der Waals surface area contributed by atoms with E-state index in [1.165, 1.54) is 5.56 Å². The number of carbonyl (C=O) groups is 1. The molecule has 0 saturated heterocycles. The first-order chi connectivity index (χ1) is 6.16. The van der Waals surface area contributed by atoms with Gasteiger partial charge in [-0.25, -0.2) is 0 Å². The van der Waals surface area contributed by atoms with Crippen LogP contribution in [0.15, 0.2) is 30.3 Å². The van der Waals surface area contributed by atoms with Crippen LogP contribution in [0, 0.1) is 12.8 Å². The minimum atomic E-state index is 0.530. The number of rotatable bonds is 2. The van der Waals surface area contributed by atoms with Crippen molar-refractivity contribution in [2.24, 2.45) is 5.92 Å². The van der Waals surface area contributed by atoms with Crippen molar-refractivity contribution in [2.75, 3.05) is 0 Å². The van der Waals surface area contributed by atoms with Crippen LogP contribution in [-0.4, -0.2) is 6.29 Å². The van der Waals surface area contributed by atoms with Gasteiger partial charge in [-0.05, 0) is 12.8 Å². The highest BCUT2D eigenvalue weighted by Gasteiger charge is 1.85. The van der Waals surface area contributed by atoms with Crippen molar-refractivity contribution in [1.29, 1.82) is 0 Å². The van der Waals surface area contributed by atoms with E-state index < -0.39 is 0 Å².